The van der Waals surface area contributed by atoms with Gasteiger partial charge in [-0.15, -0.1) is 12.4 Å². The Labute approximate surface area is 126 Å². The molecule has 6 nitrogen and oxygen atoms in total. The van der Waals surface area contributed by atoms with E-state index in [9.17, 15) is 8.42 Å². The largest absolute Gasteiger partial charge is 0.337 e. The van der Waals surface area contributed by atoms with Crippen LogP contribution in [0.15, 0.2) is 11.2 Å². The number of imidazole rings is 1. The zero-order valence-electron chi connectivity index (χ0n) is 12.1. The van der Waals surface area contributed by atoms with Gasteiger partial charge in [-0.25, -0.2) is 13.4 Å². The normalized spacial score (nSPS) is 19.6. The van der Waals surface area contributed by atoms with Crippen molar-refractivity contribution in [2.45, 2.75) is 37.8 Å². The molecule has 1 aromatic heterocycles. The van der Waals surface area contributed by atoms with E-state index in [1.54, 1.807) is 24.7 Å². The molecule has 8 heteroatoms. The molecule has 0 aliphatic carbocycles. The van der Waals surface area contributed by atoms with E-state index in [1.807, 2.05) is 6.92 Å². The van der Waals surface area contributed by atoms with E-state index in [2.05, 4.69) is 4.98 Å². The lowest BCUT2D eigenvalue weighted by Crippen LogP contribution is -2.42. The number of nitrogens with zero attached hydrogens (tertiary/aromatic N) is 3. The summed E-state index contributed by atoms with van der Waals surface area (Å²) in [5.41, 5.74) is 5.87. The van der Waals surface area contributed by atoms with Crippen LogP contribution in [-0.2, 0) is 17.1 Å². The number of nitrogens with two attached hydrogens (primary N) is 1. The fourth-order valence-electron chi connectivity index (χ4n) is 2.42. The van der Waals surface area contributed by atoms with Gasteiger partial charge in [0.15, 0.2) is 5.03 Å². The first kappa shape index (κ1) is 17.4. The quantitative estimate of drug-likeness (QED) is 0.896. The topological polar surface area (TPSA) is 81.2 Å². The maximum Gasteiger partial charge on any atom is 0.262 e. The Bertz CT molecular complexity index is 528. The molecule has 1 aliphatic heterocycles. The minimum absolute atomic E-state index is 0. The van der Waals surface area contributed by atoms with Gasteiger partial charge in [-0.05, 0) is 32.6 Å². The van der Waals surface area contributed by atoms with Crippen LogP contribution < -0.4 is 5.73 Å². The summed E-state index contributed by atoms with van der Waals surface area (Å²) in [6.45, 7) is 4.84. The zero-order valence-corrected chi connectivity index (χ0v) is 13.7. The van der Waals surface area contributed by atoms with Crippen LogP contribution in [0.1, 0.15) is 25.6 Å². The van der Waals surface area contributed by atoms with Crippen LogP contribution in [-0.4, -0.2) is 41.4 Å². The van der Waals surface area contributed by atoms with Crippen molar-refractivity contribution in [2.75, 3.05) is 13.1 Å². The molecule has 116 valence electrons. The molecule has 0 spiro atoms. The van der Waals surface area contributed by atoms with E-state index in [-0.39, 0.29) is 23.5 Å². The molecule has 1 aromatic rings. The van der Waals surface area contributed by atoms with Crippen molar-refractivity contribution in [3.05, 3.63) is 12.0 Å². The maximum atomic E-state index is 12.4. The van der Waals surface area contributed by atoms with Gasteiger partial charge in [0.1, 0.15) is 5.82 Å². The van der Waals surface area contributed by atoms with Gasteiger partial charge in [0.25, 0.3) is 10.0 Å². The summed E-state index contributed by atoms with van der Waals surface area (Å²) in [7, 11) is -1.66. The number of aryl methyl sites for hydroxylation is 2. The highest BCUT2D eigenvalue weighted by Gasteiger charge is 2.32. The summed E-state index contributed by atoms with van der Waals surface area (Å²) in [6, 6.07) is 0.127. The van der Waals surface area contributed by atoms with Crippen molar-refractivity contribution >= 4 is 22.4 Å². The molecule has 0 aromatic carbocycles. The van der Waals surface area contributed by atoms with Crippen molar-refractivity contribution in [3.8, 4) is 0 Å². The van der Waals surface area contributed by atoms with E-state index < -0.39 is 10.0 Å². The first-order valence-corrected chi connectivity index (χ1v) is 8.02. The van der Waals surface area contributed by atoms with Crippen LogP contribution in [0.2, 0.25) is 0 Å². The highest BCUT2D eigenvalue weighted by molar-refractivity contribution is 7.89. The summed E-state index contributed by atoms with van der Waals surface area (Å²) in [4.78, 5) is 4.12. The minimum Gasteiger partial charge on any atom is -0.337 e. The Morgan fingerprint density at radius 3 is 2.35 bits per heavy atom. The molecular formula is C12H23ClN4O2S. The lowest BCUT2D eigenvalue weighted by molar-refractivity contribution is 0.250. The van der Waals surface area contributed by atoms with E-state index >= 15 is 0 Å². The lowest BCUT2D eigenvalue weighted by atomic mass is 9.92. The number of aromatic nitrogens is 2. The fraction of sp³-hybridized carbons (Fsp3) is 0.750. The summed E-state index contributed by atoms with van der Waals surface area (Å²) in [5, 5.41) is 0.145. The maximum absolute atomic E-state index is 12.4. The number of hydrogen-bond acceptors (Lipinski definition) is 4. The monoisotopic (exact) mass is 322 g/mol. The van der Waals surface area contributed by atoms with Crippen LogP contribution in [0, 0.1) is 12.8 Å². The molecule has 1 fully saturated rings. The molecule has 0 saturated carbocycles. The third-order valence-electron chi connectivity index (χ3n) is 3.93. The molecule has 2 N–H and O–H groups in total. The first-order valence-electron chi connectivity index (χ1n) is 6.58. The smallest absolute Gasteiger partial charge is 0.262 e. The van der Waals surface area contributed by atoms with E-state index in [1.165, 1.54) is 4.31 Å². The molecule has 0 amide bonds. The van der Waals surface area contributed by atoms with Gasteiger partial charge in [-0.2, -0.15) is 4.31 Å². The van der Waals surface area contributed by atoms with Gasteiger partial charge in [0.05, 0.1) is 0 Å². The van der Waals surface area contributed by atoms with Gasteiger partial charge < -0.3 is 10.3 Å². The van der Waals surface area contributed by atoms with Crippen molar-refractivity contribution in [1.29, 1.82) is 0 Å². The van der Waals surface area contributed by atoms with Crippen molar-refractivity contribution < 1.29 is 8.42 Å². The molecule has 0 bridgehead atoms. The summed E-state index contributed by atoms with van der Waals surface area (Å²) < 4.78 is 28.1. The van der Waals surface area contributed by atoms with Crippen molar-refractivity contribution in [3.63, 3.8) is 0 Å². The molecule has 2 heterocycles. The van der Waals surface area contributed by atoms with Crippen LogP contribution >= 0.6 is 12.4 Å². The Morgan fingerprint density at radius 1 is 1.40 bits per heavy atom. The average molecular weight is 323 g/mol. The Kier molecular flexibility index (Phi) is 5.60. The van der Waals surface area contributed by atoms with Gasteiger partial charge in [-0.3, -0.25) is 0 Å². The molecule has 1 atom stereocenters. The number of halogens is 1. The number of rotatable bonds is 3. The molecule has 1 saturated heterocycles. The highest BCUT2D eigenvalue weighted by Crippen LogP contribution is 2.24. The van der Waals surface area contributed by atoms with Crippen LogP contribution in [0.4, 0.5) is 0 Å². The van der Waals surface area contributed by atoms with Crippen LogP contribution in [0.25, 0.3) is 0 Å². The second-order valence-electron chi connectivity index (χ2n) is 5.34. The van der Waals surface area contributed by atoms with Crippen molar-refractivity contribution in [2.24, 2.45) is 18.7 Å². The Hall–Kier alpha value is -0.630. The van der Waals surface area contributed by atoms with Gasteiger partial charge >= 0.3 is 0 Å². The standard InChI is InChI=1S/C12H22N4O2S.ClH/c1-9(13)11-4-6-16(7-5-11)19(17,18)12-8-15(3)10(2)14-12;/h8-9,11H,4-7,13H2,1-3H3;1H. The number of sulfonamides is 1. The van der Waals surface area contributed by atoms with Gasteiger partial charge in [0.2, 0.25) is 0 Å². The predicted molar refractivity (Wildman–Crippen MR) is 80.3 cm³/mol. The second kappa shape index (κ2) is 6.43. The van der Waals surface area contributed by atoms with E-state index in [0.717, 1.165) is 12.8 Å². The predicted octanol–water partition coefficient (Wildman–Crippen LogP) is 0.898. The zero-order chi connectivity index (χ0) is 14.2. The molecule has 1 unspecified atom stereocenters. The highest BCUT2D eigenvalue weighted by atomic mass is 35.5. The number of hydrogen-bond donors (Lipinski definition) is 1. The number of piperidine rings is 1. The van der Waals surface area contributed by atoms with Crippen LogP contribution in [0.5, 0.6) is 0 Å². The Balaban J connectivity index is 0.00000200. The van der Waals surface area contributed by atoms with Gasteiger partial charge in [0, 0.05) is 32.4 Å². The van der Waals surface area contributed by atoms with E-state index in [0.29, 0.717) is 24.8 Å². The van der Waals surface area contributed by atoms with Crippen molar-refractivity contribution in [1.82, 2.24) is 13.9 Å². The molecule has 0 radical (unpaired) electrons. The van der Waals surface area contributed by atoms with E-state index in [4.69, 9.17) is 5.73 Å². The first-order chi connectivity index (χ1) is 8.82. The second-order valence-corrected chi connectivity index (χ2v) is 7.22. The lowest BCUT2D eigenvalue weighted by Gasteiger charge is -2.32. The summed E-state index contributed by atoms with van der Waals surface area (Å²) in [5.74, 6) is 1.11. The third kappa shape index (κ3) is 3.33. The molecule has 20 heavy (non-hydrogen) atoms. The van der Waals surface area contributed by atoms with Crippen LogP contribution in [0.3, 0.4) is 0 Å². The van der Waals surface area contributed by atoms with Gasteiger partial charge in [-0.1, -0.05) is 0 Å². The third-order valence-corrected chi connectivity index (χ3v) is 5.70. The SMILES string of the molecule is Cc1nc(S(=O)(=O)N2CCC(C(C)N)CC2)cn1C.Cl. The summed E-state index contributed by atoms with van der Waals surface area (Å²) in [6.07, 6.45) is 3.22. The molecule has 2 rings (SSSR count). The summed E-state index contributed by atoms with van der Waals surface area (Å²) >= 11 is 0. The average Bonchev–Trinajstić information content (AvgIpc) is 2.70. The fourth-order valence-corrected chi connectivity index (χ4v) is 3.92. The minimum atomic E-state index is -3.45. The molecule has 1 aliphatic rings. The molecular weight excluding hydrogens is 300 g/mol. The Morgan fingerprint density at radius 2 is 1.95 bits per heavy atom.